The summed E-state index contributed by atoms with van der Waals surface area (Å²) >= 11 is 0. The summed E-state index contributed by atoms with van der Waals surface area (Å²) in [6.45, 7) is 5.62. The second-order valence-corrected chi connectivity index (χ2v) is 9.14. The van der Waals surface area contributed by atoms with E-state index in [1.807, 2.05) is 36.4 Å². The van der Waals surface area contributed by atoms with E-state index in [0.717, 1.165) is 24.0 Å². The van der Waals surface area contributed by atoms with Crippen LogP contribution in [0.5, 0.6) is 0 Å². The van der Waals surface area contributed by atoms with Gasteiger partial charge in [-0.1, -0.05) is 56.5 Å². The predicted molar refractivity (Wildman–Crippen MR) is 100 cm³/mol. The molecule has 24 heavy (non-hydrogen) atoms. The predicted octanol–water partition coefficient (Wildman–Crippen LogP) is 5.78. The summed E-state index contributed by atoms with van der Waals surface area (Å²) in [6, 6.07) is 16.0. The summed E-state index contributed by atoms with van der Waals surface area (Å²) < 4.78 is 0. The number of carbonyl (C=O) groups is 2. The minimum absolute atomic E-state index is 0.140. The van der Waals surface area contributed by atoms with Gasteiger partial charge in [-0.3, -0.25) is 9.59 Å². The number of ketones is 2. The third-order valence-electron chi connectivity index (χ3n) is 5.09. The standard InChI is InChI=1S/C21H23O2P/c1-14(22)16-8-4-6-10-18(16)20-12-13-21(24(20)3)19-11-7-5-9-17(19)15(2)23/h4-11,20-21H,12-13H2,1-3H3. The van der Waals surface area contributed by atoms with E-state index in [1.165, 1.54) is 11.1 Å². The third-order valence-corrected chi connectivity index (χ3v) is 8.13. The molecule has 124 valence electrons. The van der Waals surface area contributed by atoms with Crippen LogP contribution in [0.3, 0.4) is 0 Å². The van der Waals surface area contributed by atoms with Gasteiger partial charge in [-0.05, 0) is 44.5 Å². The molecule has 1 aliphatic heterocycles. The van der Waals surface area contributed by atoms with E-state index in [2.05, 4.69) is 18.8 Å². The molecule has 1 fully saturated rings. The first-order chi connectivity index (χ1) is 11.5. The Labute approximate surface area is 145 Å². The molecule has 0 radical (unpaired) electrons. The number of benzene rings is 2. The Kier molecular flexibility index (Phi) is 4.96. The highest BCUT2D eigenvalue weighted by molar-refractivity contribution is 7.58. The van der Waals surface area contributed by atoms with Gasteiger partial charge in [0.25, 0.3) is 0 Å². The molecular weight excluding hydrogens is 315 g/mol. The maximum Gasteiger partial charge on any atom is 0.160 e. The zero-order valence-electron chi connectivity index (χ0n) is 14.5. The Balaban J connectivity index is 1.96. The van der Waals surface area contributed by atoms with Crippen molar-refractivity contribution in [2.75, 3.05) is 6.66 Å². The van der Waals surface area contributed by atoms with Gasteiger partial charge in [-0.15, -0.1) is 0 Å². The van der Waals surface area contributed by atoms with Crippen molar-refractivity contribution in [2.24, 2.45) is 0 Å². The molecule has 3 heteroatoms. The summed E-state index contributed by atoms with van der Waals surface area (Å²) in [5.41, 5.74) is 4.98. The summed E-state index contributed by atoms with van der Waals surface area (Å²) in [4.78, 5) is 24.0. The molecule has 2 aromatic rings. The van der Waals surface area contributed by atoms with Gasteiger partial charge >= 0.3 is 0 Å². The van der Waals surface area contributed by atoms with E-state index in [1.54, 1.807) is 13.8 Å². The van der Waals surface area contributed by atoms with Gasteiger partial charge in [0.15, 0.2) is 11.6 Å². The topological polar surface area (TPSA) is 34.1 Å². The molecule has 0 N–H and O–H groups in total. The summed E-state index contributed by atoms with van der Waals surface area (Å²) in [5.74, 6) is 0.281. The average Bonchev–Trinajstić information content (AvgIpc) is 2.96. The molecule has 2 nitrogen and oxygen atoms in total. The van der Waals surface area contributed by atoms with Crippen LogP contribution >= 0.6 is 7.92 Å². The van der Waals surface area contributed by atoms with Gasteiger partial charge < -0.3 is 0 Å². The Morgan fingerprint density at radius 2 is 1.17 bits per heavy atom. The molecular formula is C21H23O2P. The SMILES string of the molecule is CC(=O)c1ccccc1C1CCC(c2ccccc2C(C)=O)P1C. The first-order valence-electron chi connectivity index (χ1n) is 8.42. The number of rotatable bonds is 4. The molecule has 3 rings (SSSR count). The number of Topliss-reactive ketones (excluding diaryl/α,β-unsaturated/α-hetero) is 2. The van der Waals surface area contributed by atoms with Gasteiger partial charge in [0, 0.05) is 22.4 Å². The lowest BCUT2D eigenvalue weighted by molar-refractivity contribution is 0.100. The lowest BCUT2D eigenvalue weighted by atomic mass is 9.96. The third kappa shape index (κ3) is 3.08. The van der Waals surface area contributed by atoms with Gasteiger partial charge in [0.05, 0.1) is 0 Å². The van der Waals surface area contributed by atoms with Crippen molar-refractivity contribution < 1.29 is 9.59 Å². The first kappa shape index (κ1) is 17.0. The lowest BCUT2D eigenvalue weighted by Crippen LogP contribution is -2.04. The highest BCUT2D eigenvalue weighted by Crippen LogP contribution is 2.68. The van der Waals surface area contributed by atoms with E-state index >= 15 is 0 Å². The molecule has 0 saturated carbocycles. The van der Waals surface area contributed by atoms with Crippen LogP contribution in [-0.4, -0.2) is 18.2 Å². The van der Waals surface area contributed by atoms with E-state index in [-0.39, 0.29) is 19.5 Å². The van der Waals surface area contributed by atoms with Crippen molar-refractivity contribution in [1.29, 1.82) is 0 Å². The maximum atomic E-state index is 12.0. The van der Waals surface area contributed by atoms with E-state index in [4.69, 9.17) is 0 Å². The Morgan fingerprint density at radius 3 is 1.54 bits per heavy atom. The Morgan fingerprint density at radius 1 is 0.792 bits per heavy atom. The van der Waals surface area contributed by atoms with Crippen LogP contribution in [0.15, 0.2) is 48.5 Å². The first-order valence-corrected chi connectivity index (χ1v) is 10.3. The molecule has 1 heterocycles. The molecule has 2 atom stereocenters. The van der Waals surface area contributed by atoms with Gasteiger partial charge in [-0.2, -0.15) is 0 Å². The van der Waals surface area contributed by atoms with Crippen molar-refractivity contribution in [3.05, 3.63) is 70.8 Å². The fourth-order valence-electron chi connectivity index (χ4n) is 3.91. The highest BCUT2D eigenvalue weighted by Gasteiger charge is 2.36. The highest BCUT2D eigenvalue weighted by atomic mass is 31.1. The van der Waals surface area contributed by atoms with Crippen LogP contribution in [0, 0.1) is 0 Å². The minimum atomic E-state index is -0.331. The summed E-state index contributed by atoms with van der Waals surface area (Å²) in [7, 11) is -0.331. The second kappa shape index (κ2) is 6.99. The zero-order valence-corrected chi connectivity index (χ0v) is 15.3. The minimum Gasteiger partial charge on any atom is -0.295 e. The molecule has 1 aliphatic rings. The van der Waals surface area contributed by atoms with Crippen LogP contribution in [0.2, 0.25) is 0 Å². The van der Waals surface area contributed by atoms with Crippen LogP contribution < -0.4 is 0 Å². The van der Waals surface area contributed by atoms with Crippen molar-refractivity contribution in [2.45, 2.75) is 38.0 Å². The molecule has 2 aromatic carbocycles. The molecule has 1 saturated heterocycles. The molecule has 2 unspecified atom stereocenters. The largest absolute Gasteiger partial charge is 0.295 e. The second-order valence-electron chi connectivity index (χ2n) is 6.56. The Hall–Kier alpha value is -1.79. The summed E-state index contributed by atoms with van der Waals surface area (Å²) in [6.07, 6.45) is 2.17. The fraction of sp³-hybridized carbons (Fsp3) is 0.333. The van der Waals surface area contributed by atoms with Gasteiger partial charge in [-0.25, -0.2) is 0 Å². The molecule has 0 aliphatic carbocycles. The van der Waals surface area contributed by atoms with Crippen LogP contribution in [0.4, 0.5) is 0 Å². The molecule has 0 amide bonds. The average molecular weight is 338 g/mol. The normalized spacial score (nSPS) is 23.2. The van der Waals surface area contributed by atoms with Crippen molar-refractivity contribution in [3.63, 3.8) is 0 Å². The van der Waals surface area contributed by atoms with E-state index in [9.17, 15) is 9.59 Å². The summed E-state index contributed by atoms with van der Waals surface area (Å²) in [5, 5.41) is 0. The smallest absolute Gasteiger partial charge is 0.160 e. The van der Waals surface area contributed by atoms with E-state index in [0.29, 0.717) is 11.3 Å². The van der Waals surface area contributed by atoms with Crippen LogP contribution in [0.1, 0.15) is 69.8 Å². The van der Waals surface area contributed by atoms with Crippen LogP contribution in [0.25, 0.3) is 0 Å². The molecule has 0 bridgehead atoms. The maximum absolute atomic E-state index is 12.0. The molecule has 0 aromatic heterocycles. The van der Waals surface area contributed by atoms with Gasteiger partial charge in [0.1, 0.15) is 0 Å². The fourth-order valence-corrected chi connectivity index (χ4v) is 6.78. The zero-order chi connectivity index (χ0) is 17.3. The quantitative estimate of drug-likeness (QED) is 0.523. The number of hydrogen-bond donors (Lipinski definition) is 0. The van der Waals surface area contributed by atoms with Crippen LogP contribution in [-0.2, 0) is 0 Å². The Bertz CT molecular complexity index is 715. The van der Waals surface area contributed by atoms with Crippen molar-refractivity contribution in [3.8, 4) is 0 Å². The van der Waals surface area contributed by atoms with Crippen molar-refractivity contribution in [1.82, 2.24) is 0 Å². The molecule has 0 spiro atoms. The van der Waals surface area contributed by atoms with Crippen molar-refractivity contribution >= 4 is 19.5 Å². The monoisotopic (exact) mass is 338 g/mol. The van der Waals surface area contributed by atoms with Gasteiger partial charge in [0.2, 0.25) is 0 Å². The van der Waals surface area contributed by atoms with E-state index < -0.39 is 0 Å². The lowest BCUT2D eigenvalue weighted by Gasteiger charge is -2.25. The number of carbonyl (C=O) groups excluding carboxylic acids is 2. The number of hydrogen-bond acceptors (Lipinski definition) is 2.